The number of allylic oxidation sites excluding steroid dienone is 4. The maximum absolute atomic E-state index is 14.1. The Morgan fingerprint density at radius 3 is 0.475 bits per heavy atom. The van der Waals surface area contributed by atoms with Gasteiger partial charge in [0.25, 0.3) is 0 Å². The van der Waals surface area contributed by atoms with Crippen LogP contribution in [0.1, 0.15) is 61.2 Å². The van der Waals surface area contributed by atoms with Gasteiger partial charge in [-0.3, -0.25) is 4.79 Å². The number of aryl methyl sites for hydroxylation is 3. The number of carbonyl (C=O) groups excluding carboxylic acids is 1. The molecule has 20 aromatic carbocycles. The van der Waals surface area contributed by atoms with E-state index in [2.05, 4.69) is 372 Å². The summed E-state index contributed by atoms with van der Waals surface area (Å²) in [6.07, 6.45) is 0. The minimum Gasteiger partial charge on any atom is -0.497 e. The van der Waals surface area contributed by atoms with Crippen molar-refractivity contribution in [3.63, 3.8) is 0 Å². The number of hydrogen-bond donors (Lipinski definition) is 0. The highest BCUT2D eigenvalue weighted by atomic mass is 16.5. The Labute approximate surface area is 816 Å². The van der Waals surface area contributed by atoms with Crippen LogP contribution in [-0.4, -0.2) is 27.1 Å². The Hall–Kier alpha value is -17.9. The lowest BCUT2D eigenvalue weighted by atomic mass is 9.73. The van der Waals surface area contributed by atoms with Crippen molar-refractivity contribution in [1.82, 2.24) is 0 Å². The van der Waals surface area contributed by atoms with Gasteiger partial charge >= 0.3 is 0 Å². The number of Topliss-reactive ketones (excluding diaryl/α,β-unsaturated/α-hetero) is 1. The van der Waals surface area contributed by atoms with Gasteiger partial charge in [0.1, 0.15) is 17.2 Å². The van der Waals surface area contributed by atoms with Gasteiger partial charge in [-0.25, -0.2) is 0 Å². The van der Waals surface area contributed by atoms with Crippen LogP contribution in [0.4, 0.5) is 0 Å². The lowest BCUT2D eigenvalue weighted by molar-refractivity contribution is -0.108. The Balaban J connectivity index is 0.000000181. The van der Waals surface area contributed by atoms with Crippen molar-refractivity contribution in [1.29, 1.82) is 0 Å². The molecule has 21 rings (SSSR count). The van der Waals surface area contributed by atoms with E-state index in [0.29, 0.717) is 0 Å². The molecule has 0 spiro atoms. The van der Waals surface area contributed by atoms with E-state index in [0.717, 1.165) is 190 Å². The number of ether oxygens (including phenoxy) is 3. The van der Waals surface area contributed by atoms with Gasteiger partial charge in [-0.2, -0.15) is 0 Å². The molecule has 1 aliphatic rings. The summed E-state index contributed by atoms with van der Waals surface area (Å²) in [5.74, 6) is 15.1. The summed E-state index contributed by atoms with van der Waals surface area (Å²) in [4.78, 5) is 14.1. The number of ketones is 1. The fourth-order valence-corrected chi connectivity index (χ4v) is 18.7. The van der Waals surface area contributed by atoms with E-state index in [-0.39, 0.29) is 5.78 Å². The molecule has 0 amide bonds. The summed E-state index contributed by atoms with van der Waals surface area (Å²) in [5.41, 5.74) is 42.2. The van der Waals surface area contributed by atoms with E-state index in [4.69, 9.17) is 14.2 Å². The molecule has 0 fully saturated rings. The van der Waals surface area contributed by atoms with Gasteiger partial charge in [-0.15, -0.1) is 0 Å². The lowest BCUT2D eigenvalue weighted by Crippen LogP contribution is -2.03. The Bertz CT molecular complexity index is 7810. The predicted molar refractivity (Wildman–Crippen MR) is 581 cm³/mol. The van der Waals surface area contributed by atoms with E-state index in [9.17, 15) is 4.79 Å². The zero-order valence-corrected chi connectivity index (χ0v) is 78.5. The number of methoxy groups -OCH3 is 3. The van der Waals surface area contributed by atoms with Gasteiger partial charge in [0, 0.05) is 44.5 Å². The first-order chi connectivity index (χ1) is 68.5. The van der Waals surface area contributed by atoms with Crippen LogP contribution in [0.3, 0.4) is 0 Å². The number of carbonyl (C=O) groups is 1. The lowest BCUT2D eigenvalue weighted by Gasteiger charge is -2.30. The van der Waals surface area contributed by atoms with E-state index in [1.54, 1.807) is 21.3 Å². The molecule has 664 valence electrons. The summed E-state index contributed by atoms with van der Waals surface area (Å²) in [7, 11) is 5.12. The van der Waals surface area contributed by atoms with Gasteiger partial charge < -0.3 is 14.2 Å². The summed E-state index contributed by atoms with van der Waals surface area (Å²) < 4.78 is 17.0. The first-order valence-electron chi connectivity index (χ1n) is 47.0. The van der Waals surface area contributed by atoms with E-state index in [1.807, 2.05) is 170 Å². The van der Waals surface area contributed by atoms with Crippen LogP contribution in [0.25, 0.3) is 156 Å². The van der Waals surface area contributed by atoms with Crippen LogP contribution in [0.5, 0.6) is 17.2 Å². The Morgan fingerprint density at radius 2 is 0.281 bits per heavy atom. The fraction of sp³-hybridized carbons (Fsp3) is 0.0444. The molecule has 4 nitrogen and oxygen atoms in total. The van der Waals surface area contributed by atoms with Gasteiger partial charge in [0.05, 0.1) is 21.3 Å². The van der Waals surface area contributed by atoms with Crippen LogP contribution >= 0.6 is 0 Å². The van der Waals surface area contributed by atoms with Crippen LogP contribution < -0.4 is 14.2 Å². The topological polar surface area (TPSA) is 44.8 Å². The minimum absolute atomic E-state index is 0.0498. The molecule has 0 aliphatic heterocycles. The van der Waals surface area contributed by atoms with Crippen molar-refractivity contribution < 1.29 is 19.0 Å². The maximum Gasteiger partial charge on any atom is 0.195 e. The molecule has 0 unspecified atom stereocenters. The van der Waals surface area contributed by atoms with E-state index >= 15 is 0 Å². The number of rotatable bonds is 19. The van der Waals surface area contributed by atoms with Gasteiger partial charge in [0.2, 0.25) is 0 Å². The fourth-order valence-electron chi connectivity index (χ4n) is 18.7. The third-order valence-corrected chi connectivity index (χ3v) is 25.5. The molecule has 0 aromatic heterocycles. The maximum atomic E-state index is 14.1. The molecular weight excluding hydrogens is 1690 g/mol. The molecular formula is C135H100O4. The highest BCUT2D eigenvalue weighted by Gasteiger charge is 2.37. The molecule has 139 heavy (non-hydrogen) atoms. The molecule has 0 saturated carbocycles. The van der Waals surface area contributed by atoms with Crippen LogP contribution in [0.2, 0.25) is 0 Å². The van der Waals surface area contributed by atoms with Crippen molar-refractivity contribution >= 4 is 28.1 Å². The highest BCUT2D eigenvalue weighted by molar-refractivity contribution is 6.59. The van der Waals surface area contributed by atoms with Crippen molar-refractivity contribution in [3.8, 4) is 174 Å². The molecule has 0 saturated heterocycles. The van der Waals surface area contributed by atoms with E-state index in [1.165, 1.54) is 44.5 Å². The third-order valence-electron chi connectivity index (χ3n) is 25.5. The Morgan fingerprint density at radius 1 is 0.144 bits per heavy atom. The van der Waals surface area contributed by atoms with Crippen molar-refractivity contribution in [3.05, 3.63) is 559 Å². The van der Waals surface area contributed by atoms with Crippen LogP contribution in [-0.2, 0) is 4.79 Å². The third kappa shape index (κ3) is 19.9. The molecule has 0 radical (unpaired) electrons. The first-order valence-corrected chi connectivity index (χ1v) is 47.0. The molecule has 20 aromatic rings. The highest BCUT2D eigenvalue weighted by Crippen LogP contribution is 2.60. The zero-order chi connectivity index (χ0) is 94.8. The van der Waals surface area contributed by atoms with Gasteiger partial charge in [-0.1, -0.05) is 453 Å². The SMILES string of the molecule is C(#Cc1ccc(C#Cc2ccccc2)cc1)c1ccccc1.COc1ccc(-c2c(-c3ccccc3)c(-c3ccccc3)c(-c3ccc(-c4c(-c5ccccc5)c(-c5ccccc5)c(-c5ccc(C)cc5)c(-c5ccc(C)cc5)c4-c4ccccc4)cc3)c(-c3ccccc3)c2-c2ccc(OC)cc2)cc1.COc1ccc(C2=C(c3ccccc3)C(=O)C(c3ccccc3)=C2c2ccc(C)cc2)cc1. The second-order valence-electron chi connectivity index (χ2n) is 34.4. The molecule has 1 aliphatic carbocycles. The summed E-state index contributed by atoms with van der Waals surface area (Å²) in [6, 6.07) is 175. The zero-order valence-electron chi connectivity index (χ0n) is 78.5. The molecule has 0 heterocycles. The average molecular weight is 1790 g/mol. The molecule has 4 heteroatoms. The largest absolute Gasteiger partial charge is 0.497 e. The summed E-state index contributed by atoms with van der Waals surface area (Å²) in [5, 5.41) is 0. The average Bonchev–Trinajstić information content (AvgIpc) is 1.51. The normalized spacial score (nSPS) is 11.4. The monoisotopic (exact) mass is 1780 g/mol. The summed E-state index contributed by atoms with van der Waals surface area (Å²) in [6.45, 7) is 6.42. The predicted octanol–water partition coefficient (Wildman–Crippen LogP) is 33.9. The van der Waals surface area contributed by atoms with Crippen LogP contribution in [0.15, 0.2) is 497 Å². The molecule has 0 N–H and O–H groups in total. The van der Waals surface area contributed by atoms with Crippen molar-refractivity contribution in [2.75, 3.05) is 21.3 Å². The van der Waals surface area contributed by atoms with Crippen molar-refractivity contribution in [2.24, 2.45) is 0 Å². The van der Waals surface area contributed by atoms with E-state index < -0.39 is 0 Å². The second kappa shape index (κ2) is 42.5. The first kappa shape index (κ1) is 90.2. The van der Waals surface area contributed by atoms with Crippen LogP contribution in [0, 0.1) is 44.5 Å². The van der Waals surface area contributed by atoms with Gasteiger partial charge in [0.15, 0.2) is 5.78 Å². The minimum atomic E-state index is 0.0498. The summed E-state index contributed by atoms with van der Waals surface area (Å²) >= 11 is 0. The second-order valence-corrected chi connectivity index (χ2v) is 34.4. The van der Waals surface area contributed by atoms with Crippen molar-refractivity contribution in [2.45, 2.75) is 20.8 Å². The Kier molecular flexibility index (Phi) is 27.6. The van der Waals surface area contributed by atoms with Gasteiger partial charge in [-0.05, 0) is 261 Å². The number of benzene rings is 20. The smallest absolute Gasteiger partial charge is 0.195 e. The molecule has 0 bridgehead atoms. The quantitative estimate of drug-likeness (QED) is 0.0757. The number of hydrogen-bond acceptors (Lipinski definition) is 4. The molecule has 0 atom stereocenters. The standard InChI is InChI=1S/C82H62O2.C31H24O2.C22H14/c1-55-35-39-63(40-36-55)77-71(57-23-11-5-12-24-57)72(58-25-13-6-14-26-58)79(75(61-31-19-9-20-32-61)78(77)64-41-37-56(2)38-42-64)65-43-45-66(46-44-65)80-73(59-27-15-7-16-28-59)74(60-29-17-8-18-30-60)81(67-47-51-69(83-3)52-48-67)82(68-49-53-70(84-4)54-50-68)76(80)62-33-21-10-22-34-62;1-21-13-15-24(16-14-21)27-28(25-17-19-26(33-2)20-18-25)30(23-11-7-4-8-12-23)31(32)29(27)22-9-5-3-6-10-22;1-3-7-19(8-4-1)11-13-21-15-17-22(18-16-21)14-12-20-9-5-2-6-10-20/h5-54H,1-4H3;3-20H,1-2H3;1-10,15-18H.